The summed E-state index contributed by atoms with van der Waals surface area (Å²) in [6.45, 7) is -0.371. The number of nitrogens with zero attached hydrogens (tertiary/aromatic N) is 2. The molecule has 0 aliphatic rings. The summed E-state index contributed by atoms with van der Waals surface area (Å²) in [5.41, 5.74) is 2.63. The van der Waals surface area contributed by atoms with Crippen molar-refractivity contribution in [3.8, 4) is 11.1 Å². The highest BCUT2D eigenvalue weighted by atomic mass is 79.9. The van der Waals surface area contributed by atoms with Gasteiger partial charge in [0.15, 0.2) is 28.2 Å². The van der Waals surface area contributed by atoms with Crippen molar-refractivity contribution in [3.63, 3.8) is 0 Å². The van der Waals surface area contributed by atoms with Crippen LogP contribution in [0.2, 0.25) is 5.15 Å². The Hall–Kier alpha value is -2.48. The average molecular weight is 476 g/mol. The molecule has 0 spiro atoms. The molecule has 8 heteroatoms. The van der Waals surface area contributed by atoms with Crippen molar-refractivity contribution in [2.75, 3.05) is 6.61 Å². The number of fused-ring (bicyclic) bond motifs is 1. The number of rotatable bonds is 5. The maximum absolute atomic E-state index is 12.4. The Balaban J connectivity index is 1.43. The van der Waals surface area contributed by atoms with Crippen LogP contribution in [-0.2, 0) is 4.74 Å². The standard InChI is InChI=1S/C20H12BrClN2O3S/c21-15-7-5-13(6-8-15)12-1-3-14(4-2-12)16(25)11-27-19(26)17-18(22)23-20-24(17)9-10-28-20/h1-10H,11H2. The van der Waals surface area contributed by atoms with E-state index in [1.165, 1.54) is 11.3 Å². The summed E-state index contributed by atoms with van der Waals surface area (Å²) in [5, 5.41) is 1.84. The highest BCUT2D eigenvalue weighted by Crippen LogP contribution is 2.23. The number of ether oxygens (including phenoxy) is 1. The molecule has 0 aliphatic carbocycles. The van der Waals surface area contributed by atoms with Crippen LogP contribution in [0.15, 0.2) is 64.6 Å². The van der Waals surface area contributed by atoms with Gasteiger partial charge in [0.1, 0.15) is 0 Å². The van der Waals surface area contributed by atoms with Crippen LogP contribution >= 0.6 is 38.9 Å². The minimum absolute atomic E-state index is 0.0585. The molecule has 0 unspecified atom stereocenters. The van der Waals surface area contributed by atoms with Crippen LogP contribution in [0.5, 0.6) is 0 Å². The van der Waals surface area contributed by atoms with Crippen LogP contribution in [0, 0.1) is 0 Å². The third-order valence-electron chi connectivity index (χ3n) is 4.13. The molecule has 0 aliphatic heterocycles. The van der Waals surface area contributed by atoms with Gasteiger partial charge >= 0.3 is 5.97 Å². The largest absolute Gasteiger partial charge is 0.453 e. The summed E-state index contributed by atoms with van der Waals surface area (Å²) < 4.78 is 7.71. The van der Waals surface area contributed by atoms with Gasteiger partial charge in [-0.05, 0) is 23.3 Å². The van der Waals surface area contributed by atoms with Gasteiger partial charge in [-0.3, -0.25) is 9.20 Å². The average Bonchev–Trinajstić information content (AvgIpc) is 3.26. The predicted molar refractivity (Wildman–Crippen MR) is 112 cm³/mol. The highest BCUT2D eigenvalue weighted by Gasteiger charge is 2.21. The fourth-order valence-corrected chi connectivity index (χ4v) is 3.99. The second-order valence-electron chi connectivity index (χ2n) is 5.89. The number of carbonyl (C=O) groups excluding carboxylic acids is 2. The molecule has 2 aromatic carbocycles. The Morgan fingerprint density at radius 1 is 1.07 bits per heavy atom. The Kier molecular flexibility index (Phi) is 5.30. The Labute approximate surface area is 177 Å². The zero-order chi connectivity index (χ0) is 19.7. The van der Waals surface area contributed by atoms with Gasteiger partial charge in [-0.1, -0.05) is 63.9 Å². The first kappa shape index (κ1) is 18.9. The molecule has 0 radical (unpaired) electrons. The number of benzene rings is 2. The number of halogens is 2. The first-order chi connectivity index (χ1) is 13.5. The molecule has 4 rings (SSSR count). The molecule has 0 atom stereocenters. The summed E-state index contributed by atoms with van der Waals surface area (Å²) in [4.78, 5) is 29.4. The van der Waals surface area contributed by atoms with Gasteiger partial charge in [-0.2, -0.15) is 0 Å². The molecule has 0 fully saturated rings. The van der Waals surface area contributed by atoms with Crippen molar-refractivity contribution < 1.29 is 14.3 Å². The molecular formula is C20H12BrClN2O3S. The van der Waals surface area contributed by atoms with Crippen LogP contribution in [0.1, 0.15) is 20.8 Å². The van der Waals surface area contributed by atoms with E-state index in [0.717, 1.165) is 15.6 Å². The van der Waals surface area contributed by atoms with Crippen molar-refractivity contribution in [1.82, 2.24) is 9.38 Å². The number of aromatic nitrogens is 2. The number of imidazole rings is 1. The quantitative estimate of drug-likeness (QED) is 0.282. The van der Waals surface area contributed by atoms with E-state index >= 15 is 0 Å². The van der Waals surface area contributed by atoms with Gasteiger partial charge in [0.2, 0.25) is 0 Å². The lowest BCUT2D eigenvalue weighted by Gasteiger charge is -2.06. The van der Waals surface area contributed by atoms with E-state index in [2.05, 4.69) is 20.9 Å². The summed E-state index contributed by atoms with van der Waals surface area (Å²) in [6.07, 6.45) is 1.68. The number of ketones is 1. The smallest absolute Gasteiger partial charge is 0.359 e. The topological polar surface area (TPSA) is 60.7 Å². The van der Waals surface area contributed by atoms with Crippen molar-refractivity contribution in [1.29, 1.82) is 0 Å². The lowest BCUT2D eigenvalue weighted by molar-refractivity contribution is 0.0468. The fraction of sp³-hybridized carbons (Fsp3) is 0.0500. The summed E-state index contributed by atoms with van der Waals surface area (Å²) in [5.74, 6) is -0.978. The van der Waals surface area contributed by atoms with Crippen LogP contribution in [0.25, 0.3) is 16.1 Å². The summed E-state index contributed by atoms with van der Waals surface area (Å²) in [6, 6.07) is 15.1. The van der Waals surface area contributed by atoms with Gasteiger partial charge in [0, 0.05) is 21.6 Å². The van der Waals surface area contributed by atoms with Gasteiger partial charge in [-0.25, -0.2) is 9.78 Å². The van der Waals surface area contributed by atoms with E-state index < -0.39 is 5.97 Å². The normalized spacial score (nSPS) is 10.9. The Morgan fingerprint density at radius 2 is 1.71 bits per heavy atom. The first-order valence-electron chi connectivity index (χ1n) is 8.20. The molecule has 5 nitrogen and oxygen atoms in total. The van der Waals surface area contributed by atoms with Gasteiger partial charge in [0.25, 0.3) is 0 Å². The monoisotopic (exact) mass is 474 g/mol. The van der Waals surface area contributed by atoms with E-state index in [1.807, 2.05) is 36.4 Å². The van der Waals surface area contributed by atoms with Crippen LogP contribution in [0.4, 0.5) is 0 Å². The molecule has 28 heavy (non-hydrogen) atoms. The SMILES string of the molecule is O=C(COC(=O)c1c(Cl)nc2sccn12)c1ccc(-c2ccc(Br)cc2)cc1. The molecule has 2 heterocycles. The van der Waals surface area contributed by atoms with E-state index in [0.29, 0.717) is 10.5 Å². The number of esters is 1. The molecule has 0 amide bonds. The minimum atomic E-state index is -0.685. The van der Waals surface area contributed by atoms with Crippen molar-refractivity contribution in [2.24, 2.45) is 0 Å². The Bertz CT molecular complexity index is 1170. The van der Waals surface area contributed by atoms with Crippen molar-refractivity contribution in [3.05, 3.63) is 81.0 Å². The van der Waals surface area contributed by atoms with Gasteiger partial charge < -0.3 is 4.74 Å². The molecule has 140 valence electrons. The lowest BCUT2D eigenvalue weighted by Crippen LogP contribution is -2.15. The van der Waals surface area contributed by atoms with E-state index in [9.17, 15) is 9.59 Å². The van der Waals surface area contributed by atoms with Crippen LogP contribution < -0.4 is 0 Å². The number of carbonyl (C=O) groups is 2. The lowest BCUT2D eigenvalue weighted by atomic mass is 10.0. The van der Waals surface area contributed by atoms with Crippen LogP contribution in [0.3, 0.4) is 0 Å². The molecule has 0 N–H and O–H groups in total. The second kappa shape index (κ2) is 7.87. The molecule has 2 aromatic heterocycles. The molecule has 0 bridgehead atoms. The van der Waals surface area contributed by atoms with E-state index in [-0.39, 0.29) is 23.2 Å². The molecular weight excluding hydrogens is 464 g/mol. The van der Waals surface area contributed by atoms with E-state index in [1.54, 1.807) is 28.1 Å². The maximum atomic E-state index is 12.4. The zero-order valence-corrected chi connectivity index (χ0v) is 17.4. The Morgan fingerprint density at radius 3 is 2.39 bits per heavy atom. The van der Waals surface area contributed by atoms with Crippen molar-refractivity contribution in [2.45, 2.75) is 0 Å². The van der Waals surface area contributed by atoms with Gasteiger partial charge in [0.05, 0.1) is 0 Å². The van der Waals surface area contributed by atoms with E-state index in [4.69, 9.17) is 16.3 Å². The number of Topliss-reactive ketones (excluding diaryl/α,β-unsaturated/α-hetero) is 1. The van der Waals surface area contributed by atoms with Gasteiger partial charge in [-0.15, -0.1) is 11.3 Å². The summed E-state index contributed by atoms with van der Waals surface area (Å²) >= 11 is 10.8. The molecule has 0 saturated carbocycles. The molecule has 0 saturated heterocycles. The number of hydrogen-bond acceptors (Lipinski definition) is 5. The van der Waals surface area contributed by atoms with Crippen LogP contribution in [-0.4, -0.2) is 27.7 Å². The minimum Gasteiger partial charge on any atom is -0.453 e. The van der Waals surface area contributed by atoms with Crippen molar-refractivity contribution >= 4 is 55.6 Å². The molecule has 4 aromatic rings. The zero-order valence-electron chi connectivity index (χ0n) is 14.3. The first-order valence-corrected chi connectivity index (χ1v) is 10.3. The number of hydrogen-bond donors (Lipinski definition) is 0. The number of thiazole rings is 1. The second-order valence-corrected chi connectivity index (χ2v) is 8.04. The summed E-state index contributed by atoms with van der Waals surface area (Å²) in [7, 11) is 0. The highest BCUT2D eigenvalue weighted by molar-refractivity contribution is 9.10. The maximum Gasteiger partial charge on any atom is 0.359 e. The third-order valence-corrected chi connectivity index (χ3v) is 5.68. The predicted octanol–water partition coefficient (Wildman–Crippen LogP) is 5.52. The third kappa shape index (κ3) is 3.73. The fourth-order valence-electron chi connectivity index (χ4n) is 2.72.